The number of nitrogens with one attached hydrogen (secondary N) is 1. The predicted octanol–water partition coefficient (Wildman–Crippen LogP) is 3.64. The van der Waals surface area contributed by atoms with Crippen molar-refractivity contribution in [3.8, 4) is 0 Å². The summed E-state index contributed by atoms with van der Waals surface area (Å²) in [7, 11) is 1.50. The molecule has 0 radical (unpaired) electrons. The van der Waals surface area contributed by atoms with Crippen LogP contribution in [0.2, 0.25) is 0 Å². The first-order valence-electron chi connectivity index (χ1n) is 5.95. The monoisotopic (exact) mass is 220 g/mol. The van der Waals surface area contributed by atoms with Crippen LogP contribution in [0.5, 0.6) is 0 Å². The van der Waals surface area contributed by atoms with Gasteiger partial charge in [-0.05, 0) is 37.6 Å². The molecule has 0 saturated carbocycles. The Morgan fingerprint density at radius 3 is 2.38 bits per heavy atom. The second-order valence-corrected chi connectivity index (χ2v) is 3.21. The number of nitrogens with two attached hydrogens (primary N) is 1. The molecule has 3 N–H and O–H groups in total. The maximum Gasteiger partial charge on any atom is 0.0459 e. The van der Waals surface area contributed by atoms with Gasteiger partial charge in [0, 0.05) is 17.1 Å². The zero-order valence-corrected chi connectivity index (χ0v) is 11.1. The maximum absolute atomic E-state index is 4.50. The van der Waals surface area contributed by atoms with Gasteiger partial charge in [-0.3, -0.25) is 0 Å². The number of benzene rings is 1. The van der Waals surface area contributed by atoms with Gasteiger partial charge < -0.3 is 10.7 Å². The van der Waals surface area contributed by atoms with Crippen LogP contribution in [0.4, 0.5) is 0 Å². The minimum absolute atomic E-state index is 1.11. The fourth-order valence-electron chi connectivity index (χ4n) is 1.54. The first-order chi connectivity index (χ1) is 7.81. The molecule has 2 heteroatoms. The molecule has 0 aliphatic heterocycles. The number of hydrogen-bond acceptors (Lipinski definition) is 1. The summed E-state index contributed by atoms with van der Waals surface area (Å²) < 4.78 is 0. The molecule has 0 amide bonds. The van der Waals surface area contributed by atoms with E-state index in [9.17, 15) is 0 Å². The normalized spacial score (nSPS) is 8.88. The molecule has 2 rings (SSSR count). The number of rotatable bonds is 1. The van der Waals surface area contributed by atoms with E-state index in [0.29, 0.717) is 0 Å². The molecular weight excluding hydrogens is 196 g/mol. The van der Waals surface area contributed by atoms with E-state index < -0.39 is 0 Å². The summed E-state index contributed by atoms with van der Waals surface area (Å²) in [4.78, 5) is 3.26. The van der Waals surface area contributed by atoms with Crippen molar-refractivity contribution in [2.75, 3.05) is 7.05 Å². The molecule has 90 valence electrons. The largest absolute Gasteiger partial charge is 0.361 e. The van der Waals surface area contributed by atoms with Gasteiger partial charge in [-0.25, -0.2) is 0 Å². The van der Waals surface area contributed by atoms with Gasteiger partial charge in [-0.15, -0.1) is 0 Å². The Bertz CT molecular complexity index is 402. The Morgan fingerprint density at radius 2 is 1.81 bits per heavy atom. The molecule has 2 nitrogen and oxygen atoms in total. The summed E-state index contributed by atoms with van der Waals surface area (Å²) >= 11 is 0. The second kappa shape index (κ2) is 7.94. The standard InChI is InChI=1S/C11H13N.C2H6.CH5N/c1-3-9-4-5-10-8(2)7-12-11(10)6-9;2*1-2/h4-7,12H,3H2,1-2H3;1-2H3;2H2,1H3. The number of aromatic amines is 1. The molecule has 1 aromatic heterocycles. The lowest BCUT2D eigenvalue weighted by molar-refractivity contribution is 1.14. The van der Waals surface area contributed by atoms with E-state index in [1.165, 1.54) is 29.1 Å². The molecule has 0 fully saturated rings. The molecule has 16 heavy (non-hydrogen) atoms. The van der Waals surface area contributed by atoms with Crippen molar-refractivity contribution in [3.05, 3.63) is 35.5 Å². The summed E-state index contributed by atoms with van der Waals surface area (Å²) in [5.74, 6) is 0. The summed E-state index contributed by atoms with van der Waals surface area (Å²) in [6, 6.07) is 6.62. The molecule has 0 aliphatic carbocycles. The van der Waals surface area contributed by atoms with E-state index >= 15 is 0 Å². The van der Waals surface area contributed by atoms with E-state index in [2.05, 4.69) is 49.0 Å². The lowest BCUT2D eigenvalue weighted by Gasteiger charge is -1.96. The first kappa shape index (κ1) is 14.7. The van der Waals surface area contributed by atoms with Crippen molar-refractivity contribution in [2.24, 2.45) is 5.73 Å². The molecule has 0 aliphatic rings. The van der Waals surface area contributed by atoms with Crippen LogP contribution in [0.25, 0.3) is 10.9 Å². The van der Waals surface area contributed by atoms with E-state index in [4.69, 9.17) is 0 Å². The van der Waals surface area contributed by atoms with E-state index in [1.807, 2.05) is 13.8 Å². The molecule has 1 heterocycles. The SMILES string of the molecule is CC.CCc1ccc2c(C)c[nH]c2c1.CN. The van der Waals surface area contributed by atoms with Gasteiger partial charge in [0.05, 0.1) is 0 Å². The van der Waals surface area contributed by atoms with Crippen molar-refractivity contribution in [3.63, 3.8) is 0 Å². The lowest BCUT2D eigenvalue weighted by Crippen LogP contribution is -1.78. The topological polar surface area (TPSA) is 41.8 Å². The highest BCUT2D eigenvalue weighted by Crippen LogP contribution is 2.18. The molecule has 1 aromatic carbocycles. The third-order valence-electron chi connectivity index (χ3n) is 2.36. The van der Waals surface area contributed by atoms with Crippen LogP contribution in [-0.4, -0.2) is 12.0 Å². The third kappa shape index (κ3) is 3.38. The number of aromatic nitrogens is 1. The van der Waals surface area contributed by atoms with Crippen molar-refractivity contribution < 1.29 is 0 Å². The predicted molar refractivity (Wildman–Crippen MR) is 73.9 cm³/mol. The summed E-state index contributed by atoms with van der Waals surface area (Å²) in [6.07, 6.45) is 3.16. The van der Waals surface area contributed by atoms with Crippen molar-refractivity contribution in [1.29, 1.82) is 0 Å². The van der Waals surface area contributed by atoms with Crippen LogP contribution < -0.4 is 5.73 Å². The summed E-state index contributed by atoms with van der Waals surface area (Å²) in [5.41, 5.74) is 8.48. The van der Waals surface area contributed by atoms with Crippen LogP contribution in [0, 0.1) is 6.92 Å². The Balaban J connectivity index is 0.000000509. The maximum atomic E-state index is 4.50. The Hall–Kier alpha value is -1.28. The highest BCUT2D eigenvalue weighted by atomic mass is 14.7. The number of fused-ring (bicyclic) bond motifs is 1. The fraction of sp³-hybridized carbons (Fsp3) is 0.429. The van der Waals surface area contributed by atoms with Crippen molar-refractivity contribution in [2.45, 2.75) is 34.1 Å². The molecule has 2 aromatic rings. The van der Waals surface area contributed by atoms with Crippen LogP contribution in [0.15, 0.2) is 24.4 Å². The number of H-pyrrole nitrogens is 1. The smallest absolute Gasteiger partial charge is 0.0459 e. The zero-order valence-electron chi connectivity index (χ0n) is 11.1. The van der Waals surface area contributed by atoms with E-state index in [-0.39, 0.29) is 0 Å². The van der Waals surface area contributed by atoms with Gasteiger partial charge >= 0.3 is 0 Å². The average Bonchev–Trinajstić information content (AvgIpc) is 2.75. The molecule has 0 saturated heterocycles. The zero-order chi connectivity index (χ0) is 12.6. The van der Waals surface area contributed by atoms with Crippen molar-refractivity contribution >= 4 is 10.9 Å². The average molecular weight is 220 g/mol. The minimum atomic E-state index is 1.11. The molecule has 0 bridgehead atoms. The highest BCUT2D eigenvalue weighted by Gasteiger charge is 1.98. The summed E-state index contributed by atoms with van der Waals surface area (Å²) in [6.45, 7) is 8.31. The fourth-order valence-corrected chi connectivity index (χ4v) is 1.54. The van der Waals surface area contributed by atoms with Crippen LogP contribution in [0.3, 0.4) is 0 Å². The van der Waals surface area contributed by atoms with Crippen LogP contribution in [0.1, 0.15) is 31.9 Å². The van der Waals surface area contributed by atoms with Gasteiger partial charge in [-0.2, -0.15) is 0 Å². The molecule has 0 unspecified atom stereocenters. The number of hydrogen-bond donors (Lipinski definition) is 2. The van der Waals surface area contributed by atoms with Gasteiger partial charge in [0.1, 0.15) is 0 Å². The van der Waals surface area contributed by atoms with Gasteiger partial charge in [0.2, 0.25) is 0 Å². The Labute approximate surface area is 98.9 Å². The molecular formula is C14H24N2. The number of aryl methyl sites for hydroxylation is 2. The Kier molecular flexibility index (Phi) is 7.31. The third-order valence-corrected chi connectivity index (χ3v) is 2.36. The van der Waals surface area contributed by atoms with Gasteiger partial charge in [0.25, 0.3) is 0 Å². The van der Waals surface area contributed by atoms with Crippen LogP contribution >= 0.6 is 0 Å². The minimum Gasteiger partial charge on any atom is -0.361 e. The highest BCUT2D eigenvalue weighted by molar-refractivity contribution is 5.83. The quantitative estimate of drug-likeness (QED) is 0.757. The van der Waals surface area contributed by atoms with E-state index in [1.54, 1.807) is 0 Å². The summed E-state index contributed by atoms with van der Waals surface area (Å²) in [5, 5.41) is 1.34. The van der Waals surface area contributed by atoms with Gasteiger partial charge in [-0.1, -0.05) is 32.9 Å². The lowest BCUT2D eigenvalue weighted by atomic mass is 10.1. The Morgan fingerprint density at radius 1 is 1.19 bits per heavy atom. The molecule has 0 spiro atoms. The van der Waals surface area contributed by atoms with E-state index in [0.717, 1.165) is 6.42 Å². The van der Waals surface area contributed by atoms with Gasteiger partial charge in [0.15, 0.2) is 0 Å². The second-order valence-electron chi connectivity index (χ2n) is 3.21. The van der Waals surface area contributed by atoms with Crippen molar-refractivity contribution in [1.82, 2.24) is 4.98 Å². The first-order valence-corrected chi connectivity index (χ1v) is 5.95. The van der Waals surface area contributed by atoms with Crippen LogP contribution in [-0.2, 0) is 6.42 Å². The molecule has 0 atom stereocenters.